The van der Waals surface area contributed by atoms with Gasteiger partial charge < -0.3 is 4.90 Å². The van der Waals surface area contributed by atoms with Gasteiger partial charge in [-0.15, -0.1) is 0 Å². The zero-order valence-electron chi connectivity index (χ0n) is 13.7. The third kappa shape index (κ3) is 2.63. The lowest BCUT2D eigenvalue weighted by Crippen LogP contribution is -2.49. The third-order valence-electron chi connectivity index (χ3n) is 5.61. The molecule has 0 aromatic rings. The standard InChI is InChI=1S/C17H30N2OS/c1-4-21-14-9-7-8-13(14)19-15(12(2)3)18-17(16(19)20)10-5-6-11-17/h12-15,18H,4-11H2,1-3H3. The molecular formula is C17H30N2OS. The van der Waals surface area contributed by atoms with Crippen molar-refractivity contribution in [1.82, 2.24) is 10.2 Å². The molecule has 1 saturated heterocycles. The number of rotatable bonds is 4. The van der Waals surface area contributed by atoms with Crippen LogP contribution in [0.5, 0.6) is 0 Å². The fraction of sp³-hybridized carbons (Fsp3) is 0.941. The molecule has 2 saturated carbocycles. The first-order valence-electron chi connectivity index (χ1n) is 8.81. The van der Waals surface area contributed by atoms with E-state index in [1.165, 1.54) is 32.1 Å². The van der Waals surface area contributed by atoms with Crippen molar-refractivity contribution in [3.8, 4) is 0 Å². The van der Waals surface area contributed by atoms with Crippen LogP contribution in [0.3, 0.4) is 0 Å². The number of nitrogens with one attached hydrogen (secondary N) is 1. The first-order valence-corrected chi connectivity index (χ1v) is 9.86. The first-order chi connectivity index (χ1) is 10.1. The van der Waals surface area contributed by atoms with Crippen LogP contribution in [0.25, 0.3) is 0 Å². The van der Waals surface area contributed by atoms with Crippen molar-refractivity contribution in [2.45, 2.75) is 88.7 Å². The van der Waals surface area contributed by atoms with E-state index < -0.39 is 0 Å². The number of carbonyl (C=O) groups excluding carboxylic acids is 1. The second kappa shape index (κ2) is 6.11. The molecule has 3 atom stereocenters. The van der Waals surface area contributed by atoms with Crippen LogP contribution in [-0.4, -0.2) is 39.6 Å². The number of nitrogens with zero attached hydrogens (tertiary/aromatic N) is 1. The van der Waals surface area contributed by atoms with Gasteiger partial charge in [0.25, 0.3) is 0 Å². The van der Waals surface area contributed by atoms with Gasteiger partial charge in [0.05, 0.1) is 11.7 Å². The molecule has 0 radical (unpaired) electrons. The van der Waals surface area contributed by atoms with Crippen molar-refractivity contribution in [3.05, 3.63) is 0 Å². The van der Waals surface area contributed by atoms with Crippen molar-refractivity contribution in [2.75, 3.05) is 5.75 Å². The Morgan fingerprint density at radius 1 is 1.29 bits per heavy atom. The predicted molar refractivity (Wildman–Crippen MR) is 89.4 cm³/mol. The summed E-state index contributed by atoms with van der Waals surface area (Å²) in [4.78, 5) is 15.5. The average Bonchev–Trinajstić information content (AvgIpc) is 3.14. The van der Waals surface area contributed by atoms with Crippen molar-refractivity contribution in [3.63, 3.8) is 0 Å². The maximum absolute atomic E-state index is 13.2. The highest BCUT2D eigenvalue weighted by Gasteiger charge is 2.55. The highest BCUT2D eigenvalue weighted by molar-refractivity contribution is 7.99. The van der Waals surface area contributed by atoms with E-state index in [0.29, 0.717) is 23.1 Å². The van der Waals surface area contributed by atoms with Gasteiger partial charge in [0.1, 0.15) is 0 Å². The van der Waals surface area contributed by atoms with Gasteiger partial charge in [0, 0.05) is 11.3 Å². The predicted octanol–water partition coefficient (Wildman–Crippen LogP) is 3.39. The van der Waals surface area contributed by atoms with Gasteiger partial charge in [-0.05, 0) is 37.4 Å². The fourth-order valence-electron chi connectivity index (χ4n) is 4.60. The Morgan fingerprint density at radius 2 is 2.00 bits per heavy atom. The Bertz CT molecular complexity index is 392. The SMILES string of the molecule is CCSC1CCCC1N1C(=O)C2(CCCC2)NC1C(C)C. The van der Waals surface area contributed by atoms with E-state index in [4.69, 9.17) is 0 Å². The van der Waals surface area contributed by atoms with Crippen molar-refractivity contribution in [1.29, 1.82) is 0 Å². The Kier molecular flexibility index (Phi) is 4.56. The minimum atomic E-state index is -0.209. The van der Waals surface area contributed by atoms with E-state index in [-0.39, 0.29) is 11.7 Å². The molecular weight excluding hydrogens is 280 g/mol. The number of hydrogen-bond donors (Lipinski definition) is 1. The summed E-state index contributed by atoms with van der Waals surface area (Å²) in [5.41, 5.74) is -0.209. The van der Waals surface area contributed by atoms with Gasteiger partial charge in [-0.25, -0.2) is 0 Å². The van der Waals surface area contributed by atoms with Gasteiger partial charge in [0.2, 0.25) is 5.91 Å². The summed E-state index contributed by atoms with van der Waals surface area (Å²) >= 11 is 2.06. The molecule has 1 N–H and O–H groups in total. The monoisotopic (exact) mass is 310 g/mol. The molecule has 3 rings (SSSR count). The molecule has 3 nitrogen and oxygen atoms in total. The van der Waals surface area contributed by atoms with Crippen LogP contribution in [-0.2, 0) is 4.79 Å². The number of hydrogen-bond acceptors (Lipinski definition) is 3. The summed E-state index contributed by atoms with van der Waals surface area (Å²) in [6.07, 6.45) is 8.51. The van der Waals surface area contributed by atoms with Gasteiger partial charge >= 0.3 is 0 Å². The van der Waals surface area contributed by atoms with Crippen LogP contribution in [0, 0.1) is 5.92 Å². The Balaban J connectivity index is 1.85. The Labute approximate surface area is 133 Å². The van der Waals surface area contributed by atoms with Gasteiger partial charge in [0.15, 0.2) is 0 Å². The minimum Gasteiger partial charge on any atom is -0.321 e. The molecule has 1 amide bonds. The quantitative estimate of drug-likeness (QED) is 0.864. The Hall–Kier alpha value is -0.220. The number of carbonyl (C=O) groups is 1. The highest BCUT2D eigenvalue weighted by atomic mass is 32.2. The molecule has 3 fully saturated rings. The smallest absolute Gasteiger partial charge is 0.244 e. The minimum absolute atomic E-state index is 0.209. The molecule has 1 aliphatic heterocycles. The van der Waals surface area contributed by atoms with E-state index in [1.807, 2.05) is 0 Å². The summed E-state index contributed by atoms with van der Waals surface area (Å²) in [6.45, 7) is 6.74. The topological polar surface area (TPSA) is 32.3 Å². The molecule has 1 heterocycles. The molecule has 2 aliphatic carbocycles. The third-order valence-corrected chi connectivity index (χ3v) is 6.92. The molecule has 0 bridgehead atoms. The van der Waals surface area contributed by atoms with E-state index >= 15 is 0 Å². The number of amides is 1. The Morgan fingerprint density at radius 3 is 2.62 bits per heavy atom. The second-order valence-electron chi connectivity index (χ2n) is 7.33. The summed E-state index contributed by atoms with van der Waals surface area (Å²) < 4.78 is 0. The average molecular weight is 311 g/mol. The largest absolute Gasteiger partial charge is 0.321 e. The van der Waals surface area contributed by atoms with E-state index in [1.54, 1.807) is 0 Å². The van der Waals surface area contributed by atoms with Crippen LogP contribution >= 0.6 is 11.8 Å². The van der Waals surface area contributed by atoms with Crippen LogP contribution in [0.15, 0.2) is 0 Å². The van der Waals surface area contributed by atoms with Crippen LogP contribution < -0.4 is 5.32 Å². The van der Waals surface area contributed by atoms with Gasteiger partial charge in [-0.1, -0.05) is 40.0 Å². The molecule has 0 aromatic heterocycles. The summed E-state index contributed by atoms with van der Waals surface area (Å²) in [5.74, 6) is 2.07. The van der Waals surface area contributed by atoms with Crippen LogP contribution in [0.2, 0.25) is 0 Å². The van der Waals surface area contributed by atoms with Crippen LogP contribution in [0.1, 0.15) is 65.7 Å². The molecule has 0 aromatic carbocycles. The highest BCUT2D eigenvalue weighted by Crippen LogP contribution is 2.43. The summed E-state index contributed by atoms with van der Waals surface area (Å²) in [7, 11) is 0. The molecule has 120 valence electrons. The van der Waals surface area contributed by atoms with E-state index in [9.17, 15) is 4.79 Å². The zero-order valence-corrected chi connectivity index (χ0v) is 14.5. The molecule has 4 heteroatoms. The lowest BCUT2D eigenvalue weighted by atomic mass is 9.97. The number of thioether (sulfide) groups is 1. The lowest BCUT2D eigenvalue weighted by molar-refractivity contribution is -0.135. The van der Waals surface area contributed by atoms with Crippen LogP contribution in [0.4, 0.5) is 0 Å². The molecule has 3 aliphatic rings. The van der Waals surface area contributed by atoms with E-state index in [0.717, 1.165) is 18.6 Å². The van der Waals surface area contributed by atoms with Crippen molar-refractivity contribution in [2.24, 2.45) is 5.92 Å². The molecule has 3 unspecified atom stereocenters. The van der Waals surface area contributed by atoms with Crippen molar-refractivity contribution >= 4 is 17.7 Å². The van der Waals surface area contributed by atoms with Crippen molar-refractivity contribution < 1.29 is 4.79 Å². The molecule has 21 heavy (non-hydrogen) atoms. The van der Waals surface area contributed by atoms with E-state index in [2.05, 4.69) is 42.7 Å². The first kappa shape index (κ1) is 15.7. The van der Waals surface area contributed by atoms with Gasteiger partial charge in [-0.2, -0.15) is 11.8 Å². The molecule has 1 spiro atoms. The van der Waals surface area contributed by atoms with Gasteiger partial charge in [-0.3, -0.25) is 10.1 Å². The normalized spacial score (nSPS) is 35.5. The summed E-state index contributed by atoms with van der Waals surface area (Å²) in [6, 6.07) is 0.460. The second-order valence-corrected chi connectivity index (χ2v) is 8.84. The maximum atomic E-state index is 13.2. The maximum Gasteiger partial charge on any atom is 0.244 e. The fourth-order valence-corrected chi connectivity index (χ4v) is 5.85. The summed E-state index contributed by atoms with van der Waals surface area (Å²) in [5, 5.41) is 4.42. The lowest BCUT2D eigenvalue weighted by Gasteiger charge is -2.35. The zero-order chi connectivity index (χ0) is 15.0.